The fraction of sp³-hybridized carbons (Fsp3) is 0.364. The van der Waals surface area contributed by atoms with E-state index in [1.807, 2.05) is 18.2 Å². The Kier molecular flexibility index (Phi) is 2.95. The van der Waals surface area contributed by atoms with Gasteiger partial charge in [0.15, 0.2) is 0 Å². The molecular formula is C11H11BrO3. The van der Waals surface area contributed by atoms with Crippen molar-refractivity contribution in [3.63, 3.8) is 0 Å². The number of carbonyl (C=O) groups is 1. The van der Waals surface area contributed by atoms with Crippen molar-refractivity contribution in [3.8, 4) is 5.75 Å². The van der Waals surface area contributed by atoms with E-state index in [0.717, 1.165) is 15.8 Å². The monoisotopic (exact) mass is 270 g/mol. The van der Waals surface area contributed by atoms with Crippen molar-refractivity contribution in [2.24, 2.45) is 0 Å². The van der Waals surface area contributed by atoms with Crippen LogP contribution in [-0.2, 0) is 9.53 Å². The summed E-state index contributed by atoms with van der Waals surface area (Å²) in [6, 6.07) is 5.84. The van der Waals surface area contributed by atoms with Gasteiger partial charge in [0, 0.05) is 16.0 Å². The molecule has 2 rings (SSSR count). The molecule has 0 amide bonds. The van der Waals surface area contributed by atoms with Gasteiger partial charge >= 0.3 is 5.97 Å². The lowest BCUT2D eigenvalue weighted by atomic mass is 9.98. The van der Waals surface area contributed by atoms with Gasteiger partial charge in [-0.05, 0) is 18.2 Å². The third kappa shape index (κ3) is 2.15. The zero-order valence-electron chi connectivity index (χ0n) is 8.33. The second kappa shape index (κ2) is 4.23. The highest BCUT2D eigenvalue weighted by molar-refractivity contribution is 9.10. The topological polar surface area (TPSA) is 35.5 Å². The Morgan fingerprint density at radius 3 is 3.20 bits per heavy atom. The second-order valence-corrected chi connectivity index (χ2v) is 4.39. The summed E-state index contributed by atoms with van der Waals surface area (Å²) in [4.78, 5) is 11.2. The number of rotatable bonds is 2. The summed E-state index contributed by atoms with van der Waals surface area (Å²) in [7, 11) is 1.40. The largest absolute Gasteiger partial charge is 0.493 e. The van der Waals surface area contributed by atoms with Crippen molar-refractivity contribution in [2.45, 2.75) is 12.3 Å². The fourth-order valence-corrected chi connectivity index (χ4v) is 2.08. The van der Waals surface area contributed by atoms with Crippen molar-refractivity contribution in [1.82, 2.24) is 0 Å². The van der Waals surface area contributed by atoms with Crippen LogP contribution in [0.4, 0.5) is 0 Å². The van der Waals surface area contributed by atoms with E-state index in [1.165, 1.54) is 7.11 Å². The maximum atomic E-state index is 11.2. The van der Waals surface area contributed by atoms with E-state index in [1.54, 1.807) is 0 Å². The molecule has 0 fully saturated rings. The van der Waals surface area contributed by atoms with Gasteiger partial charge in [-0.3, -0.25) is 4.79 Å². The lowest BCUT2D eigenvalue weighted by Crippen LogP contribution is -2.09. The van der Waals surface area contributed by atoms with Gasteiger partial charge < -0.3 is 9.47 Å². The molecular weight excluding hydrogens is 260 g/mol. The predicted octanol–water partition coefficient (Wildman–Crippen LogP) is 2.49. The zero-order valence-corrected chi connectivity index (χ0v) is 9.91. The average molecular weight is 271 g/mol. The Bertz CT molecular complexity index is 389. The summed E-state index contributed by atoms with van der Waals surface area (Å²) in [5, 5.41) is 0. The molecule has 1 aliphatic rings. The minimum absolute atomic E-state index is 0.116. The van der Waals surface area contributed by atoms with Crippen LogP contribution in [0.3, 0.4) is 0 Å². The van der Waals surface area contributed by atoms with Gasteiger partial charge in [-0.15, -0.1) is 0 Å². The highest BCUT2D eigenvalue weighted by Gasteiger charge is 2.26. The van der Waals surface area contributed by atoms with Gasteiger partial charge in [0.2, 0.25) is 0 Å². The molecule has 1 atom stereocenters. The van der Waals surface area contributed by atoms with Crippen LogP contribution in [0.5, 0.6) is 5.75 Å². The van der Waals surface area contributed by atoms with Crippen LogP contribution in [0.1, 0.15) is 17.9 Å². The SMILES string of the molecule is COC(=O)C[C@H]1COc2ccc(Br)cc21. The smallest absolute Gasteiger partial charge is 0.306 e. The molecule has 0 saturated carbocycles. The molecule has 4 heteroatoms. The van der Waals surface area contributed by atoms with Crippen molar-refractivity contribution in [1.29, 1.82) is 0 Å². The van der Waals surface area contributed by atoms with E-state index in [0.29, 0.717) is 13.0 Å². The summed E-state index contributed by atoms with van der Waals surface area (Å²) >= 11 is 3.40. The number of ether oxygens (including phenoxy) is 2. The first-order valence-corrected chi connectivity index (χ1v) is 5.49. The highest BCUT2D eigenvalue weighted by Crippen LogP contribution is 2.37. The molecule has 0 saturated heterocycles. The Hall–Kier alpha value is -1.03. The van der Waals surface area contributed by atoms with Gasteiger partial charge in [0.25, 0.3) is 0 Å². The van der Waals surface area contributed by atoms with E-state index < -0.39 is 0 Å². The molecule has 15 heavy (non-hydrogen) atoms. The highest BCUT2D eigenvalue weighted by atomic mass is 79.9. The van der Waals surface area contributed by atoms with Crippen LogP contribution >= 0.6 is 15.9 Å². The van der Waals surface area contributed by atoms with Crippen LogP contribution in [-0.4, -0.2) is 19.7 Å². The van der Waals surface area contributed by atoms with E-state index >= 15 is 0 Å². The van der Waals surface area contributed by atoms with Crippen molar-refractivity contribution in [3.05, 3.63) is 28.2 Å². The van der Waals surface area contributed by atoms with Crippen LogP contribution in [0.2, 0.25) is 0 Å². The van der Waals surface area contributed by atoms with Crippen molar-refractivity contribution >= 4 is 21.9 Å². The Balaban J connectivity index is 2.20. The molecule has 0 N–H and O–H groups in total. The molecule has 1 heterocycles. The quantitative estimate of drug-likeness (QED) is 0.775. The first-order chi connectivity index (χ1) is 7.20. The Morgan fingerprint density at radius 2 is 2.47 bits per heavy atom. The summed E-state index contributed by atoms with van der Waals surface area (Å²) in [6.07, 6.45) is 0.375. The first kappa shape index (κ1) is 10.5. The molecule has 1 aromatic rings. The molecule has 0 radical (unpaired) electrons. The third-order valence-electron chi connectivity index (χ3n) is 2.49. The van der Waals surface area contributed by atoms with Crippen LogP contribution in [0, 0.1) is 0 Å². The molecule has 0 aromatic heterocycles. The predicted molar refractivity (Wildman–Crippen MR) is 59.0 cm³/mol. The number of methoxy groups -OCH3 is 1. The third-order valence-corrected chi connectivity index (χ3v) is 2.99. The van der Waals surface area contributed by atoms with Gasteiger partial charge in [0.05, 0.1) is 20.1 Å². The Labute approximate surface area is 96.5 Å². The number of halogens is 1. The fourth-order valence-electron chi connectivity index (χ4n) is 1.70. The van der Waals surface area contributed by atoms with E-state index in [9.17, 15) is 4.79 Å². The number of carbonyl (C=O) groups excluding carboxylic acids is 1. The summed E-state index contributed by atoms with van der Waals surface area (Å²) in [5.74, 6) is 0.786. The van der Waals surface area contributed by atoms with Crippen LogP contribution in [0.15, 0.2) is 22.7 Å². The molecule has 0 unspecified atom stereocenters. The van der Waals surface area contributed by atoms with E-state index in [2.05, 4.69) is 20.7 Å². The number of benzene rings is 1. The Morgan fingerprint density at radius 1 is 1.67 bits per heavy atom. The first-order valence-electron chi connectivity index (χ1n) is 4.70. The minimum Gasteiger partial charge on any atom is -0.493 e. The van der Waals surface area contributed by atoms with Gasteiger partial charge in [0.1, 0.15) is 5.75 Å². The van der Waals surface area contributed by atoms with Crippen LogP contribution < -0.4 is 4.74 Å². The summed E-state index contributed by atoms with van der Waals surface area (Å²) < 4.78 is 11.1. The van der Waals surface area contributed by atoms with Gasteiger partial charge in [-0.1, -0.05) is 15.9 Å². The maximum Gasteiger partial charge on any atom is 0.306 e. The molecule has 1 aromatic carbocycles. The number of hydrogen-bond donors (Lipinski definition) is 0. The normalized spacial score (nSPS) is 18.1. The zero-order chi connectivity index (χ0) is 10.8. The maximum absolute atomic E-state index is 11.2. The minimum atomic E-state index is -0.198. The lowest BCUT2D eigenvalue weighted by Gasteiger charge is -2.06. The van der Waals surface area contributed by atoms with E-state index in [-0.39, 0.29) is 11.9 Å². The summed E-state index contributed by atoms with van der Waals surface area (Å²) in [6.45, 7) is 0.556. The molecule has 0 aliphatic carbocycles. The van der Waals surface area contributed by atoms with Gasteiger partial charge in [-0.2, -0.15) is 0 Å². The number of hydrogen-bond acceptors (Lipinski definition) is 3. The molecule has 1 aliphatic heterocycles. The van der Waals surface area contributed by atoms with Gasteiger partial charge in [-0.25, -0.2) is 0 Å². The second-order valence-electron chi connectivity index (χ2n) is 3.47. The van der Waals surface area contributed by atoms with Crippen molar-refractivity contribution in [2.75, 3.05) is 13.7 Å². The molecule has 0 bridgehead atoms. The average Bonchev–Trinajstić information content (AvgIpc) is 2.61. The van der Waals surface area contributed by atoms with Crippen molar-refractivity contribution < 1.29 is 14.3 Å². The molecule has 3 nitrogen and oxygen atoms in total. The van der Waals surface area contributed by atoms with Crippen LogP contribution in [0.25, 0.3) is 0 Å². The standard InChI is InChI=1S/C11H11BrO3/c1-14-11(13)4-7-6-15-10-3-2-8(12)5-9(7)10/h2-3,5,7H,4,6H2,1H3/t7-/m0/s1. The lowest BCUT2D eigenvalue weighted by molar-refractivity contribution is -0.141. The summed E-state index contributed by atoms with van der Waals surface area (Å²) in [5.41, 5.74) is 1.08. The number of fused-ring (bicyclic) bond motifs is 1. The molecule has 0 spiro atoms. The molecule has 80 valence electrons. The van der Waals surface area contributed by atoms with E-state index in [4.69, 9.17) is 4.74 Å². The number of esters is 1.